The predicted octanol–water partition coefficient (Wildman–Crippen LogP) is 6.73. The van der Waals surface area contributed by atoms with Crippen LogP contribution in [-0.4, -0.2) is 21.4 Å². The van der Waals surface area contributed by atoms with E-state index in [0.717, 1.165) is 40.9 Å². The van der Waals surface area contributed by atoms with Crippen molar-refractivity contribution in [1.29, 1.82) is 0 Å². The molecular weight excluding hydrogens is 569 g/mol. The van der Waals surface area contributed by atoms with E-state index in [0.29, 0.717) is 23.4 Å². The number of anilines is 1. The summed E-state index contributed by atoms with van der Waals surface area (Å²) in [6, 6.07) is 27.3. The minimum atomic E-state index is -4.55. The lowest BCUT2D eigenvalue weighted by molar-refractivity contribution is -0.137. The first kappa shape index (κ1) is 28.5. The molecule has 6 aromatic rings. The molecule has 10 heteroatoms. The third kappa shape index (κ3) is 5.82. The van der Waals surface area contributed by atoms with Gasteiger partial charge in [0, 0.05) is 53.0 Å². The number of rotatable bonds is 7. The van der Waals surface area contributed by atoms with Crippen LogP contribution in [0, 0.1) is 0 Å². The van der Waals surface area contributed by atoms with Gasteiger partial charge in [-0.15, -0.1) is 0 Å². The zero-order chi connectivity index (χ0) is 30.8. The number of pyridine rings is 1. The average molecular weight is 595 g/mol. The third-order valence-electron chi connectivity index (χ3n) is 7.35. The molecule has 220 valence electrons. The SMILES string of the molecule is O=C(NCc1ccc(NC(=O)c2cn(Cc3ccccc3)c3ccccc23)cc1)c1c[nH]c2cc(C(F)(F)F)ccc2c1=O. The summed E-state index contributed by atoms with van der Waals surface area (Å²) in [5.41, 5.74) is 2.09. The minimum Gasteiger partial charge on any atom is -0.360 e. The van der Waals surface area contributed by atoms with Gasteiger partial charge in [-0.3, -0.25) is 14.4 Å². The molecule has 2 amide bonds. The summed E-state index contributed by atoms with van der Waals surface area (Å²) in [6.45, 7) is 0.712. The molecule has 44 heavy (non-hydrogen) atoms. The zero-order valence-electron chi connectivity index (χ0n) is 23.1. The topological polar surface area (TPSA) is 96.0 Å². The lowest BCUT2D eigenvalue weighted by atomic mass is 10.1. The Morgan fingerprint density at radius 3 is 2.25 bits per heavy atom. The van der Waals surface area contributed by atoms with Gasteiger partial charge in [-0.25, -0.2) is 0 Å². The van der Waals surface area contributed by atoms with Crippen LogP contribution in [-0.2, 0) is 19.3 Å². The normalized spacial score (nSPS) is 11.5. The molecule has 0 spiro atoms. The lowest BCUT2D eigenvalue weighted by Crippen LogP contribution is -2.28. The summed E-state index contributed by atoms with van der Waals surface area (Å²) < 4.78 is 41.0. The summed E-state index contributed by atoms with van der Waals surface area (Å²) in [5, 5.41) is 6.40. The van der Waals surface area contributed by atoms with Gasteiger partial charge >= 0.3 is 6.18 Å². The second-order valence-electron chi connectivity index (χ2n) is 10.3. The van der Waals surface area contributed by atoms with Gasteiger partial charge in [0.15, 0.2) is 0 Å². The Labute approximate surface area is 249 Å². The maximum Gasteiger partial charge on any atom is 0.416 e. The van der Waals surface area contributed by atoms with Crippen LogP contribution in [0.4, 0.5) is 18.9 Å². The van der Waals surface area contributed by atoms with Gasteiger partial charge in [0.2, 0.25) is 5.43 Å². The molecule has 4 aromatic carbocycles. The number of carbonyl (C=O) groups excluding carboxylic acids is 2. The molecule has 0 saturated heterocycles. The number of hydrogen-bond donors (Lipinski definition) is 3. The Morgan fingerprint density at radius 2 is 1.50 bits per heavy atom. The maximum atomic E-state index is 13.3. The van der Waals surface area contributed by atoms with Gasteiger partial charge in [0.25, 0.3) is 11.8 Å². The van der Waals surface area contributed by atoms with Crippen LogP contribution in [0.3, 0.4) is 0 Å². The Kier molecular flexibility index (Phi) is 7.48. The zero-order valence-corrected chi connectivity index (χ0v) is 23.1. The Bertz CT molecular complexity index is 2060. The van der Waals surface area contributed by atoms with Crippen molar-refractivity contribution in [1.82, 2.24) is 14.9 Å². The fraction of sp³-hybridized carbons (Fsp3) is 0.0882. The van der Waals surface area contributed by atoms with E-state index in [-0.39, 0.29) is 28.9 Å². The predicted molar refractivity (Wildman–Crippen MR) is 163 cm³/mol. The number of aromatic nitrogens is 2. The van der Waals surface area contributed by atoms with E-state index in [9.17, 15) is 27.6 Å². The number of nitrogens with one attached hydrogen (secondary N) is 3. The molecule has 0 bridgehead atoms. The summed E-state index contributed by atoms with van der Waals surface area (Å²) >= 11 is 0. The summed E-state index contributed by atoms with van der Waals surface area (Å²) in [4.78, 5) is 41.4. The van der Waals surface area contributed by atoms with Crippen molar-refractivity contribution in [3.63, 3.8) is 0 Å². The molecule has 0 aliphatic carbocycles. The molecule has 2 aromatic heterocycles. The van der Waals surface area contributed by atoms with Crippen LogP contribution in [0.15, 0.2) is 114 Å². The molecule has 0 fully saturated rings. The molecule has 2 heterocycles. The molecule has 0 radical (unpaired) electrons. The highest BCUT2D eigenvalue weighted by Gasteiger charge is 2.30. The van der Waals surface area contributed by atoms with Gasteiger partial charge in [-0.05, 0) is 47.5 Å². The molecule has 0 aliphatic heterocycles. The number of nitrogens with zero attached hydrogens (tertiary/aromatic N) is 1. The molecule has 0 aliphatic rings. The van der Waals surface area contributed by atoms with Crippen LogP contribution in [0.25, 0.3) is 21.8 Å². The number of amides is 2. The number of fused-ring (bicyclic) bond motifs is 2. The molecule has 3 N–H and O–H groups in total. The standard InChI is InChI=1S/C34H25F3N4O3/c35-34(36,37)23-12-15-26-29(16-23)38-18-27(31(26)42)32(43)39-17-21-10-13-24(14-11-21)40-33(44)28-20-41(19-22-6-2-1-3-7-22)30-9-5-4-8-25(28)30/h1-16,18,20H,17,19H2,(H,38,42)(H,39,43)(H,40,44). The van der Waals surface area contributed by atoms with Gasteiger partial charge in [0.05, 0.1) is 11.1 Å². The maximum absolute atomic E-state index is 13.3. The van der Waals surface area contributed by atoms with E-state index < -0.39 is 23.1 Å². The molecule has 0 atom stereocenters. The van der Waals surface area contributed by atoms with Crippen LogP contribution in [0.2, 0.25) is 0 Å². The van der Waals surface area contributed by atoms with E-state index in [1.807, 2.05) is 65.4 Å². The number of H-pyrrole nitrogens is 1. The van der Waals surface area contributed by atoms with E-state index in [1.54, 1.807) is 24.3 Å². The van der Waals surface area contributed by atoms with Crippen LogP contribution in [0.5, 0.6) is 0 Å². The van der Waals surface area contributed by atoms with E-state index in [4.69, 9.17) is 0 Å². The fourth-order valence-corrected chi connectivity index (χ4v) is 5.09. The molecule has 0 saturated carbocycles. The average Bonchev–Trinajstić information content (AvgIpc) is 3.39. The largest absolute Gasteiger partial charge is 0.416 e. The first-order valence-electron chi connectivity index (χ1n) is 13.7. The molecule has 7 nitrogen and oxygen atoms in total. The third-order valence-corrected chi connectivity index (χ3v) is 7.35. The molecule has 6 rings (SSSR count). The van der Waals surface area contributed by atoms with Crippen LogP contribution in [0.1, 0.15) is 37.4 Å². The van der Waals surface area contributed by atoms with Gasteiger partial charge < -0.3 is 20.2 Å². The Balaban J connectivity index is 1.12. The van der Waals surface area contributed by atoms with E-state index in [1.165, 1.54) is 0 Å². The number of alkyl halides is 3. The number of carbonyl (C=O) groups is 2. The second-order valence-corrected chi connectivity index (χ2v) is 10.3. The minimum absolute atomic E-state index is 0.0141. The van der Waals surface area contributed by atoms with Crippen molar-refractivity contribution < 1.29 is 22.8 Å². The number of aromatic amines is 1. The van der Waals surface area contributed by atoms with Crippen molar-refractivity contribution in [2.75, 3.05) is 5.32 Å². The molecular formula is C34H25F3N4O3. The van der Waals surface area contributed by atoms with Crippen molar-refractivity contribution in [3.05, 3.63) is 147 Å². The lowest BCUT2D eigenvalue weighted by Gasteiger charge is -2.09. The number of benzene rings is 4. The van der Waals surface area contributed by atoms with Gasteiger partial charge in [-0.2, -0.15) is 13.2 Å². The van der Waals surface area contributed by atoms with Crippen LogP contribution >= 0.6 is 0 Å². The van der Waals surface area contributed by atoms with Crippen molar-refractivity contribution in [3.8, 4) is 0 Å². The van der Waals surface area contributed by atoms with Crippen molar-refractivity contribution >= 4 is 39.3 Å². The second kappa shape index (κ2) is 11.6. The highest BCUT2D eigenvalue weighted by molar-refractivity contribution is 6.13. The summed E-state index contributed by atoms with van der Waals surface area (Å²) in [6.07, 6.45) is -1.60. The van der Waals surface area contributed by atoms with Crippen molar-refractivity contribution in [2.24, 2.45) is 0 Å². The number of hydrogen-bond acceptors (Lipinski definition) is 3. The first-order valence-corrected chi connectivity index (χ1v) is 13.7. The van der Waals surface area contributed by atoms with Gasteiger partial charge in [0.1, 0.15) is 5.56 Å². The summed E-state index contributed by atoms with van der Waals surface area (Å²) in [7, 11) is 0. The van der Waals surface area contributed by atoms with Crippen molar-refractivity contribution in [2.45, 2.75) is 19.3 Å². The highest BCUT2D eigenvalue weighted by atomic mass is 19.4. The smallest absolute Gasteiger partial charge is 0.360 e. The molecule has 0 unspecified atom stereocenters. The van der Waals surface area contributed by atoms with E-state index >= 15 is 0 Å². The highest BCUT2D eigenvalue weighted by Crippen LogP contribution is 2.30. The van der Waals surface area contributed by atoms with E-state index in [2.05, 4.69) is 15.6 Å². The van der Waals surface area contributed by atoms with Gasteiger partial charge in [-0.1, -0.05) is 60.7 Å². The number of halogens is 3. The monoisotopic (exact) mass is 594 g/mol. The quantitative estimate of drug-likeness (QED) is 0.191. The summed E-state index contributed by atoms with van der Waals surface area (Å²) in [5.74, 6) is -0.927. The first-order chi connectivity index (χ1) is 21.2. The number of para-hydroxylation sites is 1. The fourth-order valence-electron chi connectivity index (χ4n) is 5.09. The Hall–Kier alpha value is -5.64. The Morgan fingerprint density at radius 1 is 0.773 bits per heavy atom. The van der Waals surface area contributed by atoms with Crippen LogP contribution < -0.4 is 16.1 Å².